The minimum Gasteiger partial charge on any atom is -0.457 e. The van der Waals surface area contributed by atoms with Crippen LogP contribution in [0.15, 0.2) is 119 Å². The summed E-state index contributed by atoms with van der Waals surface area (Å²) >= 11 is 2.86. The van der Waals surface area contributed by atoms with Gasteiger partial charge in [-0.2, -0.15) is 0 Å². The van der Waals surface area contributed by atoms with Gasteiger partial charge in [0.25, 0.3) is 0 Å². The van der Waals surface area contributed by atoms with Crippen LogP contribution in [0.4, 0.5) is 22.7 Å². The minimum absolute atomic E-state index is 0.0179. The SMILES string of the molecule is O=C1CSC(=Nc2ccc(Oc3ccc(N=C4SCC(=O)N4c4ccccc4)cc3)cc2)N1c1ccccc1. The number of ether oxygens (including phenoxy) is 1. The molecule has 2 saturated heterocycles. The maximum absolute atomic E-state index is 12.4. The maximum atomic E-state index is 12.4. The molecule has 7 nitrogen and oxygen atoms in total. The van der Waals surface area contributed by atoms with Gasteiger partial charge in [-0.1, -0.05) is 59.9 Å². The lowest BCUT2D eigenvalue weighted by Gasteiger charge is -2.16. The normalized spacial score (nSPS) is 17.4. The van der Waals surface area contributed by atoms with Crippen LogP contribution >= 0.6 is 23.5 Å². The third kappa shape index (κ3) is 5.59. The summed E-state index contributed by atoms with van der Waals surface area (Å²) in [7, 11) is 0. The van der Waals surface area contributed by atoms with E-state index in [1.54, 1.807) is 9.80 Å². The van der Waals surface area contributed by atoms with E-state index in [2.05, 4.69) is 0 Å². The molecule has 0 bridgehead atoms. The van der Waals surface area contributed by atoms with Gasteiger partial charge in [0.15, 0.2) is 10.3 Å². The summed E-state index contributed by atoms with van der Waals surface area (Å²) in [6.45, 7) is 0. The summed E-state index contributed by atoms with van der Waals surface area (Å²) in [4.78, 5) is 37.5. The molecule has 39 heavy (non-hydrogen) atoms. The highest BCUT2D eigenvalue weighted by atomic mass is 32.2. The molecule has 9 heteroatoms. The molecular weight excluding hydrogens is 528 g/mol. The van der Waals surface area contributed by atoms with Crippen molar-refractivity contribution in [3.8, 4) is 11.5 Å². The number of para-hydroxylation sites is 2. The predicted octanol–water partition coefficient (Wildman–Crippen LogP) is 7.01. The molecule has 4 aromatic rings. The lowest BCUT2D eigenvalue weighted by atomic mass is 10.3. The molecule has 192 valence electrons. The number of rotatable bonds is 6. The number of anilines is 2. The van der Waals surface area contributed by atoms with E-state index < -0.39 is 0 Å². The monoisotopic (exact) mass is 550 g/mol. The van der Waals surface area contributed by atoms with E-state index in [0.29, 0.717) is 33.3 Å². The fourth-order valence-electron chi connectivity index (χ4n) is 4.09. The summed E-state index contributed by atoms with van der Waals surface area (Å²) in [5.41, 5.74) is 3.09. The number of amides is 2. The molecule has 2 aliphatic rings. The number of benzene rings is 4. The molecule has 2 amide bonds. The second-order valence-corrected chi connectivity index (χ2v) is 10.5. The molecular formula is C30H22N4O3S2. The van der Waals surface area contributed by atoms with Gasteiger partial charge >= 0.3 is 0 Å². The van der Waals surface area contributed by atoms with Crippen LogP contribution in [0.1, 0.15) is 0 Å². The first kappa shape index (κ1) is 25.0. The van der Waals surface area contributed by atoms with Crippen molar-refractivity contribution in [2.24, 2.45) is 9.98 Å². The van der Waals surface area contributed by atoms with Gasteiger partial charge in [0.1, 0.15) is 11.5 Å². The first-order valence-corrected chi connectivity index (χ1v) is 14.2. The van der Waals surface area contributed by atoms with Crippen molar-refractivity contribution in [3.05, 3.63) is 109 Å². The Kier molecular flexibility index (Phi) is 7.16. The molecule has 6 rings (SSSR count). The average Bonchev–Trinajstić information content (AvgIpc) is 3.52. The fourth-order valence-corrected chi connectivity index (χ4v) is 5.86. The van der Waals surface area contributed by atoms with E-state index in [-0.39, 0.29) is 11.8 Å². The van der Waals surface area contributed by atoms with Crippen LogP contribution in [0.3, 0.4) is 0 Å². The molecule has 0 unspecified atom stereocenters. The van der Waals surface area contributed by atoms with Crippen molar-refractivity contribution in [3.63, 3.8) is 0 Å². The minimum atomic E-state index is 0.0179. The largest absolute Gasteiger partial charge is 0.457 e. The van der Waals surface area contributed by atoms with Gasteiger partial charge in [-0.05, 0) is 72.8 Å². The molecule has 0 radical (unpaired) electrons. The zero-order valence-electron chi connectivity index (χ0n) is 20.6. The number of nitrogens with zero attached hydrogens (tertiary/aromatic N) is 4. The van der Waals surface area contributed by atoms with E-state index in [4.69, 9.17) is 14.7 Å². The van der Waals surface area contributed by atoms with Gasteiger partial charge in [-0.3, -0.25) is 19.4 Å². The van der Waals surface area contributed by atoms with Crippen molar-refractivity contribution < 1.29 is 14.3 Å². The Morgan fingerprint density at radius 1 is 0.538 bits per heavy atom. The average molecular weight is 551 g/mol. The Bertz CT molecular complexity index is 1440. The molecule has 4 aromatic carbocycles. The summed E-state index contributed by atoms with van der Waals surface area (Å²) in [5.74, 6) is 2.11. The van der Waals surface area contributed by atoms with Crippen molar-refractivity contribution >= 4 is 68.4 Å². The van der Waals surface area contributed by atoms with E-state index >= 15 is 0 Å². The van der Waals surface area contributed by atoms with Crippen LogP contribution in [0.5, 0.6) is 11.5 Å². The standard InChI is InChI=1S/C30H22N4O3S2/c35-27-19-38-29(33(27)23-7-3-1-4-8-23)31-21-11-15-25(16-12-21)37-26-17-13-22(14-18-26)32-30-34(28(36)20-39-30)24-9-5-2-6-10-24/h1-18H,19-20H2. The highest BCUT2D eigenvalue weighted by molar-refractivity contribution is 8.15. The zero-order valence-corrected chi connectivity index (χ0v) is 22.3. The molecule has 2 aliphatic heterocycles. The molecule has 0 aliphatic carbocycles. The third-order valence-electron chi connectivity index (χ3n) is 5.92. The summed E-state index contributed by atoms with van der Waals surface area (Å²) in [5, 5.41) is 1.31. The van der Waals surface area contributed by atoms with Crippen molar-refractivity contribution in [2.45, 2.75) is 0 Å². The molecule has 2 fully saturated rings. The smallest absolute Gasteiger partial charge is 0.243 e. The Morgan fingerprint density at radius 2 is 0.923 bits per heavy atom. The van der Waals surface area contributed by atoms with Crippen LogP contribution in [0.2, 0.25) is 0 Å². The number of carbonyl (C=O) groups is 2. The maximum Gasteiger partial charge on any atom is 0.243 e. The lowest BCUT2D eigenvalue weighted by Crippen LogP contribution is -2.28. The second kappa shape index (κ2) is 11.2. The number of aliphatic imine (C=N–C) groups is 2. The topological polar surface area (TPSA) is 74.6 Å². The molecule has 0 atom stereocenters. The summed E-state index contributed by atoms with van der Waals surface area (Å²) < 4.78 is 6.01. The molecule has 0 spiro atoms. The van der Waals surface area contributed by atoms with E-state index in [1.165, 1.54) is 23.5 Å². The van der Waals surface area contributed by atoms with Crippen LogP contribution < -0.4 is 14.5 Å². The van der Waals surface area contributed by atoms with Crippen LogP contribution in [0.25, 0.3) is 0 Å². The molecule has 2 heterocycles. The number of hydrogen-bond donors (Lipinski definition) is 0. The Labute approximate surface area is 234 Å². The number of amidine groups is 2. The Balaban J connectivity index is 1.13. The van der Waals surface area contributed by atoms with Crippen molar-refractivity contribution in [1.29, 1.82) is 0 Å². The van der Waals surface area contributed by atoms with Gasteiger partial charge in [0, 0.05) is 0 Å². The number of hydrogen-bond acceptors (Lipinski definition) is 7. The number of thioether (sulfide) groups is 2. The molecule has 0 saturated carbocycles. The second-order valence-electron chi connectivity index (χ2n) is 8.59. The van der Waals surface area contributed by atoms with Gasteiger partial charge in [0.05, 0.1) is 34.3 Å². The van der Waals surface area contributed by atoms with E-state index in [9.17, 15) is 9.59 Å². The van der Waals surface area contributed by atoms with Crippen LogP contribution in [0, 0.1) is 0 Å². The van der Waals surface area contributed by atoms with Gasteiger partial charge in [-0.15, -0.1) is 0 Å². The Morgan fingerprint density at radius 3 is 1.31 bits per heavy atom. The highest BCUT2D eigenvalue weighted by Gasteiger charge is 2.30. The lowest BCUT2D eigenvalue weighted by molar-refractivity contribution is -0.115. The summed E-state index contributed by atoms with van der Waals surface area (Å²) in [6, 6.07) is 33.9. The summed E-state index contributed by atoms with van der Waals surface area (Å²) in [6.07, 6.45) is 0. The molecule has 0 N–H and O–H groups in total. The van der Waals surface area contributed by atoms with E-state index in [0.717, 1.165) is 22.7 Å². The van der Waals surface area contributed by atoms with Crippen LogP contribution in [-0.4, -0.2) is 33.7 Å². The fraction of sp³-hybridized carbons (Fsp3) is 0.0667. The number of carbonyl (C=O) groups excluding carboxylic acids is 2. The van der Waals surface area contributed by atoms with Gasteiger partial charge in [0.2, 0.25) is 11.8 Å². The zero-order chi connectivity index (χ0) is 26.6. The van der Waals surface area contributed by atoms with Crippen molar-refractivity contribution in [2.75, 3.05) is 21.3 Å². The van der Waals surface area contributed by atoms with Crippen molar-refractivity contribution in [1.82, 2.24) is 0 Å². The van der Waals surface area contributed by atoms with Gasteiger partial charge in [-0.25, -0.2) is 9.98 Å². The van der Waals surface area contributed by atoms with Crippen LogP contribution in [-0.2, 0) is 9.59 Å². The first-order chi connectivity index (χ1) is 19.1. The van der Waals surface area contributed by atoms with E-state index in [1.807, 2.05) is 109 Å². The van der Waals surface area contributed by atoms with Gasteiger partial charge < -0.3 is 4.74 Å². The Hall–Kier alpha value is -4.34. The third-order valence-corrected chi connectivity index (χ3v) is 7.76. The quantitative estimate of drug-likeness (QED) is 0.258. The first-order valence-electron chi connectivity index (χ1n) is 12.2. The molecule has 0 aromatic heterocycles. The predicted molar refractivity (Wildman–Crippen MR) is 160 cm³/mol. The highest BCUT2D eigenvalue weighted by Crippen LogP contribution is 2.32.